The fourth-order valence-corrected chi connectivity index (χ4v) is 1.20. The number of carbonyl (C=O) groups is 1. The highest BCUT2D eigenvalue weighted by Crippen LogP contribution is 2.11. The van der Waals surface area contributed by atoms with Crippen LogP contribution in [0.5, 0.6) is 0 Å². The molecule has 0 aliphatic heterocycles. The second kappa shape index (κ2) is 5.62. The molecule has 1 aromatic carbocycles. The first-order valence-corrected chi connectivity index (χ1v) is 4.67. The molecule has 0 aliphatic rings. The third-order valence-corrected chi connectivity index (χ3v) is 1.89. The van der Waals surface area contributed by atoms with E-state index in [0.29, 0.717) is 18.2 Å². The summed E-state index contributed by atoms with van der Waals surface area (Å²) in [6.45, 7) is 0.801. The molecule has 76 valence electrons. The molecule has 14 heavy (non-hydrogen) atoms. The van der Waals surface area contributed by atoms with Gasteiger partial charge in [0.25, 0.3) is 0 Å². The van der Waals surface area contributed by atoms with Crippen molar-refractivity contribution in [3.63, 3.8) is 0 Å². The third-order valence-electron chi connectivity index (χ3n) is 1.65. The average Bonchev–Trinajstić information content (AvgIpc) is 2.12. The highest BCUT2D eigenvalue weighted by Gasteiger charge is 1.96. The molecular formula is C10H12ClNO2. The van der Waals surface area contributed by atoms with Gasteiger partial charge in [-0.15, -0.1) is 0 Å². The third kappa shape index (κ3) is 4.25. The maximum absolute atomic E-state index is 10.4. The van der Waals surface area contributed by atoms with Gasteiger partial charge in [0.15, 0.2) is 0 Å². The molecule has 0 atom stereocenters. The number of amides is 1. The second-order valence-corrected chi connectivity index (χ2v) is 3.34. The van der Waals surface area contributed by atoms with Crippen molar-refractivity contribution in [1.82, 2.24) is 0 Å². The van der Waals surface area contributed by atoms with Crippen molar-refractivity contribution < 1.29 is 9.53 Å². The SMILES string of the molecule is NC(=O)CCOCc1cccc(Cl)c1. The lowest BCUT2D eigenvalue weighted by atomic mass is 10.2. The smallest absolute Gasteiger partial charge is 0.219 e. The van der Waals surface area contributed by atoms with Gasteiger partial charge in [-0.2, -0.15) is 0 Å². The number of benzene rings is 1. The van der Waals surface area contributed by atoms with Gasteiger partial charge < -0.3 is 10.5 Å². The highest BCUT2D eigenvalue weighted by atomic mass is 35.5. The number of hydrogen-bond donors (Lipinski definition) is 1. The quantitative estimate of drug-likeness (QED) is 0.758. The largest absolute Gasteiger partial charge is 0.376 e. The lowest BCUT2D eigenvalue weighted by Gasteiger charge is -2.02. The summed E-state index contributed by atoms with van der Waals surface area (Å²) in [5, 5.41) is 0.681. The fraction of sp³-hybridized carbons (Fsp3) is 0.300. The van der Waals surface area contributed by atoms with E-state index in [1.807, 2.05) is 18.2 Å². The van der Waals surface area contributed by atoms with E-state index in [1.165, 1.54) is 0 Å². The van der Waals surface area contributed by atoms with E-state index in [2.05, 4.69) is 0 Å². The number of nitrogens with two attached hydrogens (primary N) is 1. The Hall–Kier alpha value is -1.06. The van der Waals surface area contributed by atoms with Crippen LogP contribution >= 0.6 is 11.6 Å². The van der Waals surface area contributed by atoms with Crippen molar-refractivity contribution in [1.29, 1.82) is 0 Å². The summed E-state index contributed by atoms with van der Waals surface area (Å²) in [7, 11) is 0. The van der Waals surface area contributed by atoms with Crippen molar-refractivity contribution in [3.8, 4) is 0 Å². The molecule has 0 aliphatic carbocycles. The van der Waals surface area contributed by atoms with Crippen LogP contribution in [0.15, 0.2) is 24.3 Å². The minimum Gasteiger partial charge on any atom is -0.376 e. The van der Waals surface area contributed by atoms with Crippen LogP contribution in [-0.4, -0.2) is 12.5 Å². The van der Waals surface area contributed by atoms with Gasteiger partial charge in [0.1, 0.15) is 0 Å². The standard InChI is InChI=1S/C10H12ClNO2/c11-9-3-1-2-8(6-9)7-14-5-4-10(12)13/h1-3,6H,4-5,7H2,(H2,12,13). The maximum atomic E-state index is 10.4. The van der Waals surface area contributed by atoms with Crippen molar-refractivity contribution >= 4 is 17.5 Å². The molecule has 1 aromatic rings. The molecular weight excluding hydrogens is 202 g/mol. The van der Waals surface area contributed by atoms with Gasteiger partial charge in [0.2, 0.25) is 5.91 Å². The number of hydrogen-bond acceptors (Lipinski definition) is 2. The average molecular weight is 214 g/mol. The van der Waals surface area contributed by atoms with Gasteiger partial charge in [0, 0.05) is 11.4 Å². The predicted octanol–water partition coefficient (Wildman–Crippen LogP) is 1.73. The monoisotopic (exact) mass is 213 g/mol. The highest BCUT2D eigenvalue weighted by molar-refractivity contribution is 6.30. The fourth-order valence-electron chi connectivity index (χ4n) is 0.990. The molecule has 2 N–H and O–H groups in total. The molecule has 0 radical (unpaired) electrons. The number of rotatable bonds is 5. The van der Waals surface area contributed by atoms with Gasteiger partial charge in [-0.05, 0) is 17.7 Å². The maximum Gasteiger partial charge on any atom is 0.219 e. The first-order valence-electron chi connectivity index (χ1n) is 4.29. The number of halogens is 1. The van der Waals surface area contributed by atoms with Crippen molar-refractivity contribution in [2.45, 2.75) is 13.0 Å². The van der Waals surface area contributed by atoms with Crippen molar-refractivity contribution in [2.75, 3.05) is 6.61 Å². The van der Waals surface area contributed by atoms with Gasteiger partial charge in [0.05, 0.1) is 13.2 Å². The number of carbonyl (C=O) groups excluding carboxylic acids is 1. The van der Waals surface area contributed by atoms with Gasteiger partial charge in [-0.25, -0.2) is 0 Å². The van der Waals surface area contributed by atoms with Crippen LogP contribution < -0.4 is 5.73 Å². The molecule has 0 bridgehead atoms. The molecule has 0 fully saturated rings. The molecule has 3 nitrogen and oxygen atoms in total. The normalized spacial score (nSPS) is 10.1. The first-order chi connectivity index (χ1) is 6.68. The Balaban J connectivity index is 2.28. The van der Waals surface area contributed by atoms with E-state index in [-0.39, 0.29) is 12.3 Å². The Labute approximate surface area is 87.8 Å². The van der Waals surface area contributed by atoms with E-state index in [4.69, 9.17) is 22.1 Å². The van der Waals surface area contributed by atoms with Crippen LogP contribution in [-0.2, 0) is 16.1 Å². The summed E-state index contributed by atoms with van der Waals surface area (Å²) in [4.78, 5) is 10.4. The summed E-state index contributed by atoms with van der Waals surface area (Å²) in [6, 6.07) is 7.39. The van der Waals surface area contributed by atoms with Crippen LogP contribution in [0.4, 0.5) is 0 Å². The summed E-state index contributed by atoms with van der Waals surface area (Å²) in [5.41, 5.74) is 5.94. The van der Waals surface area contributed by atoms with Crippen molar-refractivity contribution in [2.24, 2.45) is 5.73 Å². The van der Waals surface area contributed by atoms with Gasteiger partial charge in [-0.1, -0.05) is 23.7 Å². The predicted molar refractivity (Wildman–Crippen MR) is 54.9 cm³/mol. The minimum atomic E-state index is -0.351. The first kappa shape index (κ1) is 11.0. The topological polar surface area (TPSA) is 52.3 Å². The molecule has 4 heteroatoms. The summed E-state index contributed by atoms with van der Waals surface area (Å²) < 4.78 is 5.23. The summed E-state index contributed by atoms with van der Waals surface area (Å²) in [5.74, 6) is -0.351. The van der Waals surface area contributed by atoms with E-state index in [9.17, 15) is 4.79 Å². The zero-order valence-corrected chi connectivity index (χ0v) is 8.46. The molecule has 1 amide bonds. The lowest BCUT2D eigenvalue weighted by Crippen LogP contribution is -2.13. The van der Waals surface area contributed by atoms with Crippen LogP contribution in [0.25, 0.3) is 0 Å². The summed E-state index contributed by atoms with van der Waals surface area (Å²) in [6.07, 6.45) is 0.251. The van der Waals surface area contributed by atoms with Crippen LogP contribution in [0.1, 0.15) is 12.0 Å². The Morgan fingerprint density at radius 2 is 2.29 bits per heavy atom. The zero-order valence-electron chi connectivity index (χ0n) is 7.70. The van der Waals surface area contributed by atoms with Gasteiger partial charge in [-0.3, -0.25) is 4.79 Å². The lowest BCUT2D eigenvalue weighted by molar-refractivity contribution is -0.119. The molecule has 0 saturated heterocycles. The molecule has 0 saturated carbocycles. The van der Waals surface area contributed by atoms with Crippen LogP contribution in [0.2, 0.25) is 5.02 Å². The zero-order chi connectivity index (χ0) is 10.4. The Kier molecular flexibility index (Phi) is 4.43. The Bertz CT molecular complexity index is 315. The number of primary amides is 1. The van der Waals surface area contributed by atoms with Crippen LogP contribution in [0, 0.1) is 0 Å². The van der Waals surface area contributed by atoms with Gasteiger partial charge >= 0.3 is 0 Å². The molecule has 0 unspecified atom stereocenters. The molecule has 0 heterocycles. The Morgan fingerprint density at radius 1 is 1.50 bits per heavy atom. The van der Waals surface area contributed by atoms with Crippen molar-refractivity contribution in [3.05, 3.63) is 34.9 Å². The van der Waals surface area contributed by atoms with E-state index in [1.54, 1.807) is 6.07 Å². The van der Waals surface area contributed by atoms with E-state index >= 15 is 0 Å². The number of ether oxygens (including phenoxy) is 1. The molecule has 0 spiro atoms. The van der Waals surface area contributed by atoms with E-state index in [0.717, 1.165) is 5.56 Å². The molecule has 1 rings (SSSR count). The Morgan fingerprint density at radius 3 is 2.93 bits per heavy atom. The van der Waals surface area contributed by atoms with E-state index < -0.39 is 0 Å². The van der Waals surface area contributed by atoms with Crippen LogP contribution in [0.3, 0.4) is 0 Å². The minimum absolute atomic E-state index is 0.251. The molecule has 0 aromatic heterocycles. The second-order valence-electron chi connectivity index (χ2n) is 2.90. The summed E-state index contributed by atoms with van der Waals surface area (Å²) >= 11 is 5.78.